The Morgan fingerprint density at radius 1 is 0.938 bits per heavy atom. The summed E-state index contributed by atoms with van der Waals surface area (Å²) in [5, 5.41) is 0. The average molecular weight is 434 g/mol. The van der Waals surface area contributed by atoms with E-state index in [0.717, 1.165) is 25.7 Å². The van der Waals surface area contributed by atoms with E-state index >= 15 is 0 Å². The summed E-state index contributed by atoms with van der Waals surface area (Å²) in [6.07, 6.45) is 3.69. The van der Waals surface area contributed by atoms with E-state index in [-0.39, 0.29) is 35.8 Å². The molecule has 0 aromatic heterocycles. The van der Waals surface area contributed by atoms with Crippen LogP contribution in [-0.2, 0) is 14.3 Å². The van der Waals surface area contributed by atoms with E-state index in [1.165, 1.54) is 22.3 Å². The molecule has 1 aliphatic carbocycles. The number of Topliss-reactive ketones (excluding diaryl/α,β-unsaturated/α-hetero) is 1. The summed E-state index contributed by atoms with van der Waals surface area (Å²) >= 11 is 0. The van der Waals surface area contributed by atoms with Gasteiger partial charge in [0.2, 0.25) is 0 Å². The second-order valence-electron chi connectivity index (χ2n) is 9.18. The quantitative estimate of drug-likeness (QED) is 0.565. The van der Waals surface area contributed by atoms with Crippen molar-refractivity contribution in [3.05, 3.63) is 59.7 Å². The van der Waals surface area contributed by atoms with Gasteiger partial charge in [0, 0.05) is 36.9 Å². The van der Waals surface area contributed by atoms with E-state index in [9.17, 15) is 9.59 Å². The van der Waals surface area contributed by atoms with Gasteiger partial charge in [0.15, 0.2) is 0 Å². The number of ketones is 1. The molecule has 3 aliphatic rings. The van der Waals surface area contributed by atoms with Crippen molar-refractivity contribution in [3.8, 4) is 11.1 Å². The Morgan fingerprint density at radius 2 is 1.53 bits per heavy atom. The zero-order chi connectivity index (χ0) is 22.1. The zero-order valence-corrected chi connectivity index (χ0v) is 18.7. The molecule has 5 nitrogen and oxygen atoms in total. The third-order valence-corrected chi connectivity index (χ3v) is 7.43. The highest BCUT2D eigenvalue weighted by molar-refractivity contribution is 5.82. The fourth-order valence-electron chi connectivity index (χ4n) is 5.93. The lowest BCUT2D eigenvalue weighted by Crippen LogP contribution is -2.48. The fraction of sp³-hybridized carbons (Fsp3) is 0.481. The molecule has 168 valence electrons. The average Bonchev–Trinajstić information content (AvgIpc) is 3.28. The van der Waals surface area contributed by atoms with Crippen LogP contribution in [-0.4, -0.2) is 48.7 Å². The number of piperidine rings is 1. The number of hydrogen-bond acceptors (Lipinski definition) is 4. The predicted molar refractivity (Wildman–Crippen MR) is 123 cm³/mol. The van der Waals surface area contributed by atoms with Gasteiger partial charge in [-0.15, -0.1) is 0 Å². The summed E-state index contributed by atoms with van der Waals surface area (Å²) in [7, 11) is 0. The molecule has 32 heavy (non-hydrogen) atoms. The molecule has 2 bridgehead atoms. The van der Waals surface area contributed by atoms with Gasteiger partial charge in [-0.05, 0) is 54.9 Å². The van der Waals surface area contributed by atoms with Crippen LogP contribution in [0.15, 0.2) is 48.5 Å². The summed E-state index contributed by atoms with van der Waals surface area (Å²) in [5.74, 6) is 0.398. The van der Waals surface area contributed by atoms with E-state index in [2.05, 4.69) is 36.4 Å². The summed E-state index contributed by atoms with van der Waals surface area (Å²) in [6, 6.07) is 17.0. The minimum atomic E-state index is -0.223. The lowest BCUT2D eigenvalue weighted by atomic mass is 9.86. The Balaban J connectivity index is 1.23. The molecular formula is C27H31NO4. The van der Waals surface area contributed by atoms with Gasteiger partial charge in [-0.25, -0.2) is 4.79 Å². The van der Waals surface area contributed by atoms with Crippen molar-refractivity contribution in [2.75, 3.05) is 19.8 Å². The maximum Gasteiger partial charge on any atom is 0.410 e. The van der Waals surface area contributed by atoms with Crippen LogP contribution in [0.4, 0.5) is 4.79 Å². The van der Waals surface area contributed by atoms with Gasteiger partial charge in [0.25, 0.3) is 0 Å². The van der Waals surface area contributed by atoms with Crippen molar-refractivity contribution in [3.63, 3.8) is 0 Å². The number of carbonyl (C=O) groups excluding carboxylic acids is 2. The maximum atomic E-state index is 13.1. The first-order chi connectivity index (χ1) is 15.7. The zero-order valence-electron chi connectivity index (χ0n) is 18.7. The predicted octanol–water partition coefficient (Wildman–Crippen LogP) is 5.17. The molecule has 1 amide bonds. The summed E-state index contributed by atoms with van der Waals surface area (Å²) in [6.45, 7) is 3.42. The van der Waals surface area contributed by atoms with Crippen LogP contribution in [0.5, 0.6) is 0 Å². The number of fused-ring (bicyclic) bond motifs is 5. The van der Waals surface area contributed by atoms with Gasteiger partial charge in [0.05, 0.1) is 6.61 Å². The van der Waals surface area contributed by atoms with Crippen LogP contribution in [0.1, 0.15) is 56.1 Å². The van der Waals surface area contributed by atoms with Gasteiger partial charge < -0.3 is 14.4 Å². The number of amides is 1. The summed E-state index contributed by atoms with van der Waals surface area (Å²) in [5.41, 5.74) is 4.91. The number of nitrogens with zero attached hydrogens (tertiary/aromatic N) is 1. The van der Waals surface area contributed by atoms with Crippen LogP contribution >= 0.6 is 0 Å². The SMILES string of the molecule is CCOCCC(=O)C1CC2CCC(C1)N2C(=O)OCC1c2ccccc2-c2ccccc21. The van der Waals surface area contributed by atoms with Crippen molar-refractivity contribution in [1.82, 2.24) is 4.90 Å². The standard InChI is InChI=1S/C27H31NO4/c1-2-31-14-13-26(29)18-15-19-11-12-20(16-18)28(19)27(30)32-17-25-23-9-5-3-7-21(23)22-8-4-6-10-24(22)25/h3-10,18-20,25H,2,11-17H2,1H3. The first-order valence-electron chi connectivity index (χ1n) is 11.9. The number of ether oxygens (including phenoxy) is 2. The number of carbonyl (C=O) groups is 2. The third-order valence-electron chi connectivity index (χ3n) is 7.43. The minimum Gasteiger partial charge on any atom is -0.448 e. The van der Waals surface area contributed by atoms with Crippen molar-refractivity contribution in [1.29, 1.82) is 0 Å². The molecule has 0 radical (unpaired) electrons. The van der Waals surface area contributed by atoms with E-state index in [4.69, 9.17) is 9.47 Å². The maximum absolute atomic E-state index is 13.1. The van der Waals surface area contributed by atoms with E-state index in [1.54, 1.807) is 0 Å². The Bertz CT molecular complexity index is 943. The van der Waals surface area contributed by atoms with Crippen LogP contribution in [0.2, 0.25) is 0 Å². The highest BCUT2D eigenvalue weighted by Crippen LogP contribution is 2.45. The third kappa shape index (κ3) is 3.83. The first kappa shape index (κ1) is 21.2. The molecule has 2 aromatic rings. The van der Waals surface area contributed by atoms with Crippen LogP contribution in [0.3, 0.4) is 0 Å². The van der Waals surface area contributed by atoms with Gasteiger partial charge in [-0.1, -0.05) is 48.5 Å². The molecule has 2 heterocycles. The number of rotatable bonds is 7. The van der Waals surface area contributed by atoms with Crippen molar-refractivity contribution >= 4 is 11.9 Å². The highest BCUT2D eigenvalue weighted by Gasteiger charge is 2.45. The Kier molecular flexibility index (Phi) is 6.01. The van der Waals surface area contributed by atoms with Crippen LogP contribution in [0, 0.1) is 5.92 Å². The van der Waals surface area contributed by atoms with E-state index in [0.29, 0.717) is 26.2 Å². The topological polar surface area (TPSA) is 55.8 Å². The second-order valence-corrected chi connectivity index (χ2v) is 9.18. The smallest absolute Gasteiger partial charge is 0.410 e. The lowest BCUT2D eigenvalue weighted by Gasteiger charge is -2.37. The van der Waals surface area contributed by atoms with Gasteiger partial charge in [-0.2, -0.15) is 0 Å². The first-order valence-corrected chi connectivity index (χ1v) is 11.9. The Labute approximate surface area is 189 Å². The molecule has 0 N–H and O–H groups in total. The molecule has 2 aliphatic heterocycles. The molecule has 2 saturated heterocycles. The monoisotopic (exact) mass is 433 g/mol. The minimum absolute atomic E-state index is 0.0468. The van der Waals surface area contributed by atoms with E-state index < -0.39 is 0 Å². The molecule has 2 unspecified atom stereocenters. The normalized spacial score (nSPS) is 23.7. The summed E-state index contributed by atoms with van der Waals surface area (Å²) in [4.78, 5) is 27.6. The van der Waals surface area contributed by atoms with Gasteiger partial charge in [0.1, 0.15) is 12.4 Å². The Morgan fingerprint density at radius 3 is 2.12 bits per heavy atom. The van der Waals surface area contributed by atoms with E-state index in [1.807, 2.05) is 24.0 Å². The summed E-state index contributed by atoms with van der Waals surface area (Å²) < 4.78 is 11.3. The molecular weight excluding hydrogens is 402 g/mol. The molecule has 2 fully saturated rings. The number of hydrogen-bond donors (Lipinski definition) is 0. The molecule has 0 saturated carbocycles. The second kappa shape index (κ2) is 9.07. The molecule has 0 spiro atoms. The van der Waals surface area contributed by atoms with Crippen molar-refractivity contribution < 1.29 is 19.1 Å². The largest absolute Gasteiger partial charge is 0.448 e. The Hall–Kier alpha value is -2.66. The molecule has 2 aromatic carbocycles. The van der Waals surface area contributed by atoms with Crippen LogP contribution < -0.4 is 0 Å². The highest BCUT2D eigenvalue weighted by atomic mass is 16.6. The molecule has 5 heteroatoms. The fourth-order valence-corrected chi connectivity index (χ4v) is 5.93. The van der Waals surface area contributed by atoms with Gasteiger partial charge in [-0.3, -0.25) is 4.79 Å². The molecule has 2 atom stereocenters. The molecule has 5 rings (SSSR count). The van der Waals surface area contributed by atoms with Gasteiger partial charge >= 0.3 is 6.09 Å². The lowest BCUT2D eigenvalue weighted by molar-refractivity contribution is -0.126. The number of benzene rings is 2. The van der Waals surface area contributed by atoms with Crippen molar-refractivity contribution in [2.24, 2.45) is 5.92 Å². The van der Waals surface area contributed by atoms with Crippen molar-refractivity contribution in [2.45, 2.75) is 57.0 Å². The van der Waals surface area contributed by atoms with Crippen LogP contribution in [0.25, 0.3) is 11.1 Å².